The number of nitrogens with one attached hydrogen (secondary N) is 1. The number of aromatic amines is 1. The molecule has 0 aliphatic carbocycles. The van der Waals surface area contributed by atoms with Crippen LogP contribution in [0, 0.1) is 0 Å². The maximum Gasteiger partial charge on any atom is 0.255 e. The fourth-order valence-corrected chi connectivity index (χ4v) is 5.84. The first kappa shape index (κ1) is 28.0. The Balaban J connectivity index is 1.44. The Labute approximate surface area is 252 Å². The number of benzene rings is 3. The van der Waals surface area contributed by atoms with Gasteiger partial charge in [0, 0.05) is 32.8 Å². The van der Waals surface area contributed by atoms with Crippen LogP contribution in [-0.2, 0) is 13.1 Å². The molecule has 3 heterocycles. The molecule has 0 saturated heterocycles. The fraction of sp³-hybridized carbons (Fsp3) is 0.147. The summed E-state index contributed by atoms with van der Waals surface area (Å²) in [5, 5.41) is 3.49. The van der Waals surface area contributed by atoms with Crippen molar-refractivity contribution in [3.05, 3.63) is 117 Å². The van der Waals surface area contributed by atoms with Gasteiger partial charge in [-0.2, -0.15) is 0 Å². The maximum absolute atomic E-state index is 14.5. The smallest absolute Gasteiger partial charge is 0.255 e. The third-order valence-electron chi connectivity index (χ3n) is 7.33. The highest BCUT2D eigenvalue weighted by molar-refractivity contribution is 7.09. The van der Waals surface area contributed by atoms with Crippen molar-refractivity contribution in [2.45, 2.75) is 13.1 Å². The highest BCUT2D eigenvalue weighted by Crippen LogP contribution is 2.32. The minimum atomic E-state index is -0.276. The predicted molar refractivity (Wildman–Crippen MR) is 169 cm³/mol. The second-order valence-corrected chi connectivity index (χ2v) is 11.0. The second kappa shape index (κ2) is 12.0. The SMILES string of the molecule is COc1ccc(-c2cc(C(=O)N(Cc3cccs3)Cc3cc4cc(OC)c(OC)cc4[nH]c3=O)c3ccccc3n2)cc1. The number of hydrogen-bond donors (Lipinski definition) is 1. The second-order valence-electron chi connectivity index (χ2n) is 9.96. The number of hydrogen-bond acceptors (Lipinski definition) is 7. The number of amides is 1. The molecule has 0 fully saturated rings. The van der Waals surface area contributed by atoms with Crippen molar-refractivity contribution in [2.75, 3.05) is 21.3 Å². The summed E-state index contributed by atoms with van der Waals surface area (Å²) in [7, 11) is 4.74. The Morgan fingerprint density at radius 2 is 1.63 bits per heavy atom. The van der Waals surface area contributed by atoms with E-state index in [4.69, 9.17) is 19.2 Å². The van der Waals surface area contributed by atoms with Gasteiger partial charge in [-0.3, -0.25) is 9.59 Å². The standard InChI is InChI=1S/C34H29N3O5S/c1-40-24-12-10-21(11-13-24)29-17-27(26-8-4-5-9-28(26)35-29)34(39)37(20-25-7-6-14-43-25)19-23-15-22-16-31(41-2)32(42-3)18-30(22)36-33(23)38/h4-18H,19-20H2,1-3H3,(H,36,38). The van der Waals surface area contributed by atoms with Gasteiger partial charge >= 0.3 is 0 Å². The molecule has 3 aromatic heterocycles. The minimum Gasteiger partial charge on any atom is -0.497 e. The van der Waals surface area contributed by atoms with Gasteiger partial charge in [-0.1, -0.05) is 24.3 Å². The molecule has 1 amide bonds. The molecule has 43 heavy (non-hydrogen) atoms. The monoisotopic (exact) mass is 591 g/mol. The average molecular weight is 592 g/mol. The predicted octanol–water partition coefficient (Wildman–Crippen LogP) is 6.67. The summed E-state index contributed by atoms with van der Waals surface area (Å²) >= 11 is 1.56. The van der Waals surface area contributed by atoms with E-state index >= 15 is 0 Å². The van der Waals surface area contributed by atoms with Crippen LogP contribution in [0.2, 0.25) is 0 Å². The number of methoxy groups -OCH3 is 3. The third kappa shape index (κ3) is 5.67. The van der Waals surface area contributed by atoms with Crippen LogP contribution in [0.1, 0.15) is 20.8 Å². The van der Waals surface area contributed by atoms with Gasteiger partial charge in [0.2, 0.25) is 0 Å². The van der Waals surface area contributed by atoms with Gasteiger partial charge in [-0.05, 0) is 60.0 Å². The number of para-hydroxylation sites is 1. The fourth-order valence-electron chi connectivity index (χ4n) is 5.12. The number of rotatable bonds is 9. The van der Waals surface area contributed by atoms with Crippen LogP contribution in [0.25, 0.3) is 33.1 Å². The number of aromatic nitrogens is 2. The van der Waals surface area contributed by atoms with E-state index in [0.717, 1.165) is 27.0 Å². The number of ether oxygens (including phenoxy) is 3. The molecule has 0 aliphatic heterocycles. The number of nitrogens with zero attached hydrogens (tertiary/aromatic N) is 2. The first-order valence-corrected chi connectivity index (χ1v) is 14.5. The molecule has 6 aromatic rings. The average Bonchev–Trinajstić information content (AvgIpc) is 3.56. The van der Waals surface area contributed by atoms with Gasteiger partial charge in [0.1, 0.15) is 5.75 Å². The van der Waals surface area contributed by atoms with E-state index < -0.39 is 0 Å². The summed E-state index contributed by atoms with van der Waals surface area (Å²) in [5.41, 5.74) is 3.55. The lowest BCUT2D eigenvalue weighted by atomic mass is 10.0. The van der Waals surface area contributed by atoms with Crippen molar-refractivity contribution in [1.29, 1.82) is 0 Å². The Hall–Kier alpha value is -5.15. The lowest BCUT2D eigenvalue weighted by molar-refractivity contribution is 0.0733. The Morgan fingerprint density at radius 1 is 0.860 bits per heavy atom. The molecular weight excluding hydrogens is 562 g/mol. The van der Waals surface area contributed by atoms with Crippen LogP contribution < -0.4 is 19.8 Å². The van der Waals surface area contributed by atoms with E-state index in [1.54, 1.807) is 49.7 Å². The summed E-state index contributed by atoms with van der Waals surface area (Å²) in [4.78, 5) is 38.3. The molecule has 0 saturated carbocycles. The molecule has 9 heteroatoms. The molecule has 0 aliphatic rings. The molecular formula is C34H29N3O5S. The maximum atomic E-state index is 14.5. The largest absolute Gasteiger partial charge is 0.497 e. The van der Waals surface area contributed by atoms with E-state index in [0.29, 0.717) is 45.9 Å². The van der Waals surface area contributed by atoms with Crippen LogP contribution in [0.4, 0.5) is 0 Å². The van der Waals surface area contributed by atoms with E-state index in [-0.39, 0.29) is 18.0 Å². The summed E-state index contributed by atoms with van der Waals surface area (Å²) in [6.45, 7) is 0.444. The molecule has 1 N–H and O–H groups in total. The zero-order valence-corrected chi connectivity index (χ0v) is 24.7. The number of fused-ring (bicyclic) bond motifs is 2. The number of thiophene rings is 1. The number of pyridine rings is 2. The Kier molecular flexibility index (Phi) is 7.81. The van der Waals surface area contributed by atoms with Crippen molar-refractivity contribution in [1.82, 2.24) is 14.9 Å². The van der Waals surface area contributed by atoms with Gasteiger partial charge in [0.25, 0.3) is 11.5 Å². The van der Waals surface area contributed by atoms with Gasteiger partial charge in [-0.25, -0.2) is 4.98 Å². The molecule has 0 spiro atoms. The van der Waals surface area contributed by atoms with Gasteiger partial charge in [0.05, 0.1) is 56.7 Å². The number of carbonyl (C=O) groups excluding carboxylic acids is 1. The quantitative estimate of drug-likeness (QED) is 0.202. The van der Waals surface area contributed by atoms with Crippen LogP contribution in [0.15, 0.2) is 95.1 Å². The molecule has 3 aromatic carbocycles. The highest BCUT2D eigenvalue weighted by atomic mass is 32.1. The van der Waals surface area contributed by atoms with Crippen LogP contribution in [-0.4, -0.2) is 42.1 Å². The summed E-state index contributed by atoms with van der Waals surface area (Å²) in [6, 6.07) is 26.3. The Bertz CT molecular complexity index is 1980. The van der Waals surface area contributed by atoms with Gasteiger partial charge in [0.15, 0.2) is 11.5 Å². The third-order valence-corrected chi connectivity index (χ3v) is 8.19. The molecule has 6 rings (SSSR count). The summed E-state index contributed by atoms with van der Waals surface area (Å²) < 4.78 is 16.2. The molecule has 216 valence electrons. The lowest BCUT2D eigenvalue weighted by Crippen LogP contribution is -2.32. The highest BCUT2D eigenvalue weighted by Gasteiger charge is 2.23. The number of carbonyl (C=O) groups is 1. The van der Waals surface area contributed by atoms with Crippen molar-refractivity contribution in [3.8, 4) is 28.5 Å². The number of H-pyrrole nitrogens is 1. The molecule has 8 nitrogen and oxygen atoms in total. The molecule has 0 bridgehead atoms. The lowest BCUT2D eigenvalue weighted by Gasteiger charge is -2.23. The first-order chi connectivity index (χ1) is 21.0. The van der Waals surface area contributed by atoms with Crippen molar-refractivity contribution in [3.63, 3.8) is 0 Å². The van der Waals surface area contributed by atoms with Crippen molar-refractivity contribution in [2.24, 2.45) is 0 Å². The normalized spacial score (nSPS) is 11.0. The van der Waals surface area contributed by atoms with Crippen molar-refractivity contribution >= 4 is 39.0 Å². The summed E-state index contributed by atoms with van der Waals surface area (Å²) in [5.74, 6) is 1.60. The summed E-state index contributed by atoms with van der Waals surface area (Å²) in [6.07, 6.45) is 0. The van der Waals surface area contributed by atoms with Gasteiger partial charge < -0.3 is 24.1 Å². The minimum absolute atomic E-state index is 0.102. The van der Waals surface area contributed by atoms with Crippen LogP contribution in [0.5, 0.6) is 17.2 Å². The van der Waals surface area contributed by atoms with Crippen LogP contribution in [0.3, 0.4) is 0 Å². The van der Waals surface area contributed by atoms with Crippen LogP contribution >= 0.6 is 11.3 Å². The molecule has 0 unspecified atom stereocenters. The first-order valence-electron chi connectivity index (χ1n) is 13.6. The van der Waals surface area contributed by atoms with Gasteiger partial charge in [-0.15, -0.1) is 11.3 Å². The zero-order chi connectivity index (χ0) is 29.9. The van der Waals surface area contributed by atoms with E-state index in [2.05, 4.69) is 4.98 Å². The topological polar surface area (TPSA) is 93.8 Å². The Morgan fingerprint density at radius 3 is 2.35 bits per heavy atom. The van der Waals surface area contributed by atoms with Crippen molar-refractivity contribution < 1.29 is 19.0 Å². The molecule has 0 radical (unpaired) electrons. The van der Waals surface area contributed by atoms with E-state index in [1.807, 2.05) is 78.2 Å². The van der Waals surface area contributed by atoms with E-state index in [9.17, 15) is 9.59 Å². The van der Waals surface area contributed by atoms with E-state index in [1.165, 1.54) is 0 Å². The zero-order valence-electron chi connectivity index (χ0n) is 23.9. The molecule has 0 atom stereocenters.